The van der Waals surface area contributed by atoms with Crippen molar-refractivity contribution in [3.05, 3.63) is 24.0 Å². The largest absolute Gasteiger partial charge is 0.411 e. The summed E-state index contributed by atoms with van der Waals surface area (Å²) in [4.78, 5) is 11.7. The van der Waals surface area contributed by atoms with E-state index in [0.29, 0.717) is 18.5 Å². The number of halogens is 3. The van der Waals surface area contributed by atoms with Gasteiger partial charge in [0.2, 0.25) is 0 Å². The van der Waals surface area contributed by atoms with Crippen molar-refractivity contribution >= 4 is 5.78 Å². The predicted octanol–water partition coefficient (Wildman–Crippen LogP) is 3.05. The van der Waals surface area contributed by atoms with Crippen LogP contribution in [0.4, 0.5) is 13.2 Å². The van der Waals surface area contributed by atoms with E-state index in [1.807, 2.05) is 4.57 Å². The Balaban J connectivity index is 1.67. The van der Waals surface area contributed by atoms with E-state index >= 15 is 0 Å². The van der Waals surface area contributed by atoms with E-state index in [-0.39, 0.29) is 18.3 Å². The molecule has 1 fully saturated rings. The third kappa shape index (κ3) is 4.70. The average Bonchev–Trinajstić information content (AvgIpc) is 3.06. The molecule has 0 atom stereocenters. The third-order valence-corrected chi connectivity index (χ3v) is 2.95. The van der Waals surface area contributed by atoms with Gasteiger partial charge in [0, 0.05) is 37.0 Å². The molecule has 0 aromatic carbocycles. The van der Waals surface area contributed by atoms with Gasteiger partial charge in [-0.3, -0.25) is 4.79 Å². The molecular formula is C13H16F3NO2. The number of aryl methyl sites for hydroxylation is 1. The number of alkyl halides is 3. The highest BCUT2D eigenvalue weighted by Gasteiger charge is 2.30. The first-order valence-electron chi connectivity index (χ1n) is 6.30. The number of aromatic nitrogens is 1. The number of ketones is 1. The zero-order valence-electron chi connectivity index (χ0n) is 10.4. The SMILES string of the molecule is O=C(c1ccn(CCCOCC(F)(F)F)c1)C1CC1. The molecule has 0 aliphatic heterocycles. The van der Waals surface area contributed by atoms with Crippen LogP contribution in [0, 0.1) is 5.92 Å². The molecule has 0 spiro atoms. The van der Waals surface area contributed by atoms with E-state index in [4.69, 9.17) is 0 Å². The molecule has 3 nitrogen and oxygen atoms in total. The Bertz CT molecular complexity index is 435. The summed E-state index contributed by atoms with van der Waals surface area (Å²) in [5.74, 6) is 0.359. The van der Waals surface area contributed by atoms with Crippen molar-refractivity contribution < 1.29 is 22.7 Å². The maximum atomic E-state index is 11.8. The van der Waals surface area contributed by atoms with E-state index in [0.717, 1.165) is 12.8 Å². The summed E-state index contributed by atoms with van der Waals surface area (Å²) in [5, 5.41) is 0. The molecule has 0 bridgehead atoms. The number of ether oxygens (including phenoxy) is 1. The highest BCUT2D eigenvalue weighted by atomic mass is 19.4. The van der Waals surface area contributed by atoms with Crippen LogP contribution in [-0.2, 0) is 11.3 Å². The molecule has 1 saturated carbocycles. The summed E-state index contributed by atoms with van der Waals surface area (Å²) >= 11 is 0. The Kier molecular flexibility index (Phi) is 4.29. The van der Waals surface area contributed by atoms with Gasteiger partial charge >= 0.3 is 6.18 Å². The third-order valence-electron chi connectivity index (χ3n) is 2.95. The summed E-state index contributed by atoms with van der Waals surface area (Å²) in [6.45, 7) is -0.594. The molecule has 6 heteroatoms. The Morgan fingerprint density at radius 2 is 2.16 bits per heavy atom. The fraction of sp³-hybridized carbons (Fsp3) is 0.615. The number of hydrogen-bond acceptors (Lipinski definition) is 2. The highest BCUT2D eigenvalue weighted by Crippen LogP contribution is 2.32. The lowest BCUT2D eigenvalue weighted by Gasteiger charge is -2.07. The second-order valence-electron chi connectivity index (χ2n) is 4.80. The molecule has 0 amide bonds. The lowest BCUT2D eigenvalue weighted by Crippen LogP contribution is -2.17. The second-order valence-corrected chi connectivity index (χ2v) is 4.80. The molecule has 1 aromatic heterocycles. The Hall–Kier alpha value is -1.30. The van der Waals surface area contributed by atoms with Crippen LogP contribution in [-0.4, -0.2) is 29.7 Å². The van der Waals surface area contributed by atoms with E-state index in [1.54, 1.807) is 18.5 Å². The van der Waals surface area contributed by atoms with Gasteiger partial charge in [-0.05, 0) is 25.3 Å². The predicted molar refractivity (Wildman–Crippen MR) is 63.0 cm³/mol. The first kappa shape index (κ1) is 14.1. The quantitative estimate of drug-likeness (QED) is 0.565. The molecular weight excluding hydrogens is 259 g/mol. The minimum absolute atomic E-state index is 0.0591. The zero-order chi connectivity index (χ0) is 13.9. The zero-order valence-corrected chi connectivity index (χ0v) is 10.4. The van der Waals surface area contributed by atoms with E-state index in [9.17, 15) is 18.0 Å². The number of carbonyl (C=O) groups excluding carboxylic acids is 1. The Morgan fingerprint density at radius 3 is 2.79 bits per heavy atom. The average molecular weight is 275 g/mol. The summed E-state index contributed by atoms with van der Waals surface area (Å²) < 4.78 is 41.8. The van der Waals surface area contributed by atoms with Crippen LogP contribution < -0.4 is 0 Å². The van der Waals surface area contributed by atoms with Gasteiger partial charge in [0.15, 0.2) is 5.78 Å². The van der Waals surface area contributed by atoms with Crippen LogP contribution in [0.15, 0.2) is 18.5 Å². The Morgan fingerprint density at radius 1 is 1.42 bits per heavy atom. The van der Waals surface area contributed by atoms with Gasteiger partial charge in [-0.15, -0.1) is 0 Å². The summed E-state index contributed by atoms with van der Waals surface area (Å²) in [5.41, 5.74) is 0.693. The molecule has 0 saturated heterocycles. The van der Waals surface area contributed by atoms with E-state index < -0.39 is 12.8 Å². The number of carbonyl (C=O) groups is 1. The van der Waals surface area contributed by atoms with Crippen LogP contribution in [0.2, 0.25) is 0 Å². The Labute approximate surface area is 109 Å². The number of nitrogens with zero attached hydrogens (tertiary/aromatic N) is 1. The van der Waals surface area contributed by atoms with Gasteiger partial charge in [-0.2, -0.15) is 13.2 Å². The van der Waals surface area contributed by atoms with Gasteiger partial charge in [-0.1, -0.05) is 0 Å². The van der Waals surface area contributed by atoms with Gasteiger partial charge in [0.1, 0.15) is 6.61 Å². The van der Waals surface area contributed by atoms with Gasteiger partial charge in [0.05, 0.1) is 0 Å². The fourth-order valence-corrected chi connectivity index (χ4v) is 1.84. The van der Waals surface area contributed by atoms with Crippen LogP contribution >= 0.6 is 0 Å². The topological polar surface area (TPSA) is 31.2 Å². The van der Waals surface area contributed by atoms with Gasteiger partial charge < -0.3 is 9.30 Å². The molecule has 0 radical (unpaired) electrons. The van der Waals surface area contributed by atoms with Crippen molar-refractivity contribution in [2.24, 2.45) is 5.92 Å². The van der Waals surface area contributed by atoms with E-state index in [2.05, 4.69) is 4.74 Å². The van der Waals surface area contributed by atoms with Crippen molar-refractivity contribution in [3.63, 3.8) is 0 Å². The summed E-state index contributed by atoms with van der Waals surface area (Å²) in [7, 11) is 0. The van der Waals surface area contributed by atoms with Crippen LogP contribution in [0.25, 0.3) is 0 Å². The monoisotopic (exact) mass is 275 g/mol. The maximum absolute atomic E-state index is 11.8. The molecule has 1 aliphatic rings. The first-order chi connectivity index (χ1) is 8.96. The number of rotatable bonds is 7. The van der Waals surface area contributed by atoms with E-state index in [1.165, 1.54) is 0 Å². The standard InChI is InChI=1S/C13H16F3NO2/c14-13(15,16)9-19-7-1-5-17-6-4-11(8-17)12(18)10-2-3-10/h4,6,8,10H,1-3,5,7,9H2. The molecule has 1 heterocycles. The highest BCUT2D eigenvalue weighted by molar-refractivity contribution is 5.99. The fourth-order valence-electron chi connectivity index (χ4n) is 1.84. The van der Waals surface area contributed by atoms with Crippen molar-refractivity contribution in [1.82, 2.24) is 4.57 Å². The van der Waals surface area contributed by atoms with Gasteiger partial charge in [-0.25, -0.2) is 0 Å². The lowest BCUT2D eigenvalue weighted by molar-refractivity contribution is -0.174. The smallest absolute Gasteiger partial charge is 0.372 e. The summed E-state index contributed by atoms with van der Waals surface area (Å²) in [6.07, 6.45) is 1.69. The molecule has 1 aliphatic carbocycles. The lowest BCUT2D eigenvalue weighted by atomic mass is 10.1. The van der Waals surface area contributed by atoms with Crippen molar-refractivity contribution in [1.29, 1.82) is 0 Å². The van der Waals surface area contributed by atoms with Crippen molar-refractivity contribution in [3.8, 4) is 0 Å². The van der Waals surface area contributed by atoms with Gasteiger partial charge in [0.25, 0.3) is 0 Å². The van der Waals surface area contributed by atoms with Crippen LogP contribution in [0.1, 0.15) is 29.6 Å². The number of hydrogen-bond donors (Lipinski definition) is 0. The van der Waals surface area contributed by atoms with Crippen LogP contribution in [0.3, 0.4) is 0 Å². The van der Waals surface area contributed by atoms with Crippen molar-refractivity contribution in [2.45, 2.75) is 32.0 Å². The molecule has 106 valence electrons. The minimum Gasteiger partial charge on any atom is -0.372 e. The normalized spacial score (nSPS) is 15.7. The minimum atomic E-state index is -4.27. The second kappa shape index (κ2) is 5.77. The molecule has 19 heavy (non-hydrogen) atoms. The molecule has 0 unspecified atom stereocenters. The molecule has 0 N–H and O–H groups in total. The first-order valence-corrected chi connectivity index (χ1v) is 6.30. The number of Topliss-reactive ketones (excluding diaryl/α,β-unsaturated/α-hetero) is 1. The summed E-state index contributed by atoms with van der Waals surface area (Å²) in [6, 6.07) is 1.76. The van der Waals surface area contributed by atoms with Crippen molar-refractivity contribution in [2.75, 3.05) is 13.2 Å². The van der Waals surface area contributed by atoms with Crippen LogP contribution in [0.5, 0.6) is 0 Å². The molecule has 1 aromatic rings. The maximum Gasteiger partial charge on any atom is 0.411 e. The molecule has 2 rings (SSSR count).